The summed E-state index contributed by atoms with van der Waals surface area (Å²) in [6.07, 6.45) is 4.83. The second-order valence-electron chi connectivity index (χ2n) is 15.3. The quantitative estimate of drug-likeness (QED) is 0.100. The predicted octanol–water partition coefficient (Wildman–Crippen LogP) is 10.3. The van der Waals surface area contributed by atoms with Crippen LogP contribution in [0.2, 0.25) is 5.02 Å². The molecule has 296 valence electrons. The first kappa shape index (κ1) is 40.2. The van der Waals surface area contributed by atoms with Gasteiger partial charge in [-0.2, -0.15) is 5.26 Å². The van der Waals surface area contributed by atoms with E-state index in [-0.39, 0.29) is 24.2 Å². The number of Topliss-reactive ketones (excluding diaryl/α,β-unsaturated/α-hetero) is 1. The summed E-state index contributed by atoms with van der Waals surface area (Å²) in [7, 11) is 0. The minimum atomic E-state index is -0.687. The molecule has 2 fully saturated rings. The molecule has 8 nitrogen and oxygen atoms in total. The molecule has 57 heavy (non-hydrogen) atoms. The Morgan fingerprint density at radius 3 is 2.54 bits per heavy atom. The van der Waals surface area contributed by atoms with Crippen LogP contribution in [0.4, 0.5) is 14.5 Å². The van der Waals surface area contributed by atoms with Gasteiger partial charge in [-0.25, -0.2) is 13.6 Å². The van der Waals surface area contributed by atoms with E-state index in [9.17, 15) is 14.4 Å². The lowest BCUT2D eigenvalue weighted by molar-refractivity contribution is -0.120. The molecule has 3 aliphatic rings. The first-order valence-corrected chi connectivity index (χ1v) is 20.2. The third kappa shape index (κ3) is 9.94. The maximum absolute atomic E-state index is 15.5. The van der Waals surface area contributed by atoms with E-state index in [4.69, 9.17) is 32.4 Å². The number of halogens is 3. The molecule has 1 heterocycles. The molecule has 0 amide bonds. The number of ether oxygens (including phenoxy) is 3. The molecule has 4 aromatic carbocycles. The molecule has 1 saturated carbocycles. The van der Waals surface area contributed by atoms with E-state index in [2.05, 4.69) is 21.1 Å². The lowest BCUT2D eigenvalue weighted by Crippen LogP contribution is -2.35. The third-order valence-corrected chi connectivity index (χ3v) is 11.7. The summed E-state index contributed by atoms with van der Waals surface area (Å²) in [6, 6.07) is 19.8. The molecule has 0 spiro atoms. The topological polar surface area (TPSA) is 88.2 Å². The van der Waals surface area contributed by atoms with E-state index in [1.165, 1.54) is 6.07 Å². The standard InChI is InChI=1S/C46H47ClF2N4O4/c1-29-38(5-3-6-43(29)55-18-4-15-53-16-13-33(48)14-17-53)40-23-34(49)24-41-39(40)11-12-44(41)57-46-25-45(56-28-31-19-30(26-50)20-36(21-31)51-2)32(22-42(46)47)27-52-35-7-9-37(54)10-8-35/h3,5-6,19-25,33,35,44,52H,4,7-18,27-28H2,1H3. The smallest absolute Gasteiger partial charge is 0.188 e. The number of nitriles is 1. The van der Waals surface area contributed by atoms with Crippen LogP contribution in [0.1, 0.15) is 90.9 Å². The summed E-state index contributed by atoms with van der Waals surface area (Å²) < 4.78 is 48.3. The van der Waals surface area contributed by atoms with Crippen molar-refractivity contribution in [1.29, 1.82) is 5.26 Å². The number of carbonyl (C=O) groups is 1. The molecular formula is C46H47ClF2N4O4. The van der Waals surface area contributed by atoms with Crippen LogP contribution in [0.25, 0.3) is 16.0 Å². The van der Waals surface area contributed by atoms with Crippen molar-refractivity contribution in [3.8, 4) is 34.4 Å². The SMILES string of the molecule is [C-]#[N+]c1cc(C#N)cc(COc2cc(OC3CCc4c(-c5cccc(OCCCN6CCC(F)CC6)c5C)cc(F)cc43)c(Cl)cc2CNC2CCC(=O)CC2)c1. The van der Waals surface area contributed by atoms with Gasteiger partial charge in [-0.3, -0.25) is 4.79 Å². The van der Waals surface area contributed by atoms with Gasteiger partial charge >= 0.3 is 0 Å². The van der Waals surface area contributed by atoms with Crippen LogP contribution >= 0.6 is 11.6 Å². The molecule has 2 aliphatic carbocycles. The van der Waals surface area contributed by atoms with E-state index >= 15 is 4.39 Å². The van der Waals surface area contributed by atoms with Gasteiger partial charge < -0.3 is 24.4 Å². The van der Waals surface area contributed by atoms with Crippen LogP contribution in [0.15, 0.2) is 60.7 Å². The minimum absolute atomic E-state index is 0.103. The van der Waals surface area contributed by atoms with Gasteiger partial charge in [0.2, 0.25) is 0 Å². The van der Waals surface area contributed by atoms with Crippen LogP contribution < -0.4 is 19.5 Å². The molecule has 0 bridgehead atoms. The molecular weight excluding hydrogens is 746 g/mol. The molecule has 4 aromatic rings. The van der Waals surface area contributed by atoms with Gasteiger partial charge in [0.1, 0.15) is 47.7 Å². The summed E-state index contributed by atoms with van der Waals surface area (Å²) >= 11 is 6.91. The summed E-state index contributed by atoms with van der Waals surface area (Å²) in [5, 5.41) is 13.4. The minimum Gasteiger partial charge on any atom is -0.493 e. The van der Waals surface area contributed by atoms with Gasteiger partial charge in [0.05, 0.1) is 24.3 Å². The highest BCUT2D eigenvalue weighted by molar-refractivity contribution is 6.32. The normalized spacial score (nSPS) is 17.5. The zero-order valence-corrected chi connectivity index (χ0v) is 33.0. The Hall–Kier alpha value is -5.00. The lowest BCUT2D eigenvalue weighted by Gasteiger charge is -2.28. The van der Waals surface area contributed by atoms with Crippen LogP contribution in [-0.4, -0.2) is 49.1 Å². The molecule has 1 saturated heterocycles. The van der Waals surface area contributed by atoms with Crippen LogP contribution in [-0.2, 0) is 24.4 Å². The summed E-state index contributed by atoms with van der Waals surface area (Å²) in [5.74, 6) is 1.61. The highest BCUT2D eigenvalue weighted by atomic mass is 35.5. The van der Waals surface area contributed by atoms with E-state index in [1.54, 1.807) is 30.3 Å². The monoisotopic (exact) mass is 792 g/mol. The molecule has 1 atom stereocenters. The largest absolute Gasteiger partial charge is 0.493 e. The maximum Gasteiger partial charge on any atom is 0.188 e. The van der Waals surface area contributed by atoms with E-state index < -0.39 is 12.3 Å². The third-order valence-electron chi connectivity index (χ3n) is 11.4. The number of ketones is 1. The Labute approximate surface area is 338 Å². The molecule has 1 aliphatic heterocycles. The molecule has 0 aromatic heterocycles. The van der Waals surface area contributed by atoms with Crippen molar-refractivity contribution < 1.29 is 27.8 Å². The zero-order chi connectivity index (χ0) is 39.9. The zero-order valence-electron chi connectivity index (χ0n) is 32.2. The number of nitrogens with one attached hydrogen (secondary N) is 1. The number of carbonyl (C=O) groups excluding carboxylic acids is 1. The van der Waals surface area contributed by atoms with Crippen LogP contribution in [0, 0.1) is 30.6 Å². The van der Waals surface area contributed by atoms with E-state index in [0.717, 1.165) is 78.0 Å². The van der Waals surface area contributed by atoms with Gasteiger partial charge in [-0.15, -0.1) is 0 Å². The second-order valence-corrected chi connectivity index (χ2v) is 15.7. The number of piperidine rings is 1. The Balaban J connectivity index is 1.09. The average Bonchev–Trinajstić information content (AvgIpc) is 3.62. The summed E-state index contributed by atoms with van der Waals surface area (Å²) in [5.41, 5.74) is 6.64. The predicted molar refractivity (Wildman–Crippen MR) is 216 cm³/mol. The van der Waals surface area contributed by atoms with Gasteiger partial charge in [-0.05, 0) is 128 Å². The number of hydrogen-bond donors (Lipinski definition) is 1. The summed E-state index contributed by atoms with van der Waals surface area (Å²) in [4.78, 5) is 17.6. The van der Waals surface area contributed by atoms with Crippen molar-refractivity contribution in [3.05, 3.63) is 116 Å². The molecule has 7 rings (SSSR count). The number of benzene rings is 4. The fourth-order valence-corrected chi connectivity index (χ4v) is 8.44. The first-order valence-electron chi connectivity index (χ1n) is 19.9. The lowest BCUT2D eigenvalue weighted by atomic mass is 9.93. The molecule has 1 unspecified atom stereocenters. The Morgan fingerprint density at radius 1 is 0.965 bits per heavy atom. The fraction of sp³-hybridized carbons (Fsp3) is 0.413. The molecule has 11 heteroatoms. The summed E-state index contributed by atoms with van der Waals surface area (Å²) in [6.45, 7) is 13.0. The Kier molecular flexibility index (Phi) is 13.1. The fourth-order valence-electron chi connectivity index (χ4n) is 8.21. The van der Waals surface area contributed by atoms with Crippen molar-refractivity contribution >= 4 is 23.1 Å². The van der Waals surface area contributed by atoms with Crippen LogP contribution in [0.3, 0.4) is 0 Å². The maximum atomic E-state index is 15.5. The van der Waals surface area contributed by atoms with Gasteiger partial charge in [-0.1, -0.05) is 23.7 Å². The Morgan fingerprint density at radius 2 is 1.77 bits per heavy atom. The number of nitrogens with zero attached hydrogens (tertiary/aromatic N) is 3. The number of rotatable bonds is 14. The number of likely N-dealkylation sites (tertiary alicyclic amines) is 1. The van der Waals surface area contributed by atoms with E-state index in [0.29, 0.717) is 85.0 Å². The molecule has 0 radical (unpaired) electrons. The van der Waals surface area contributed by atoms with Crippen molar-refractivity contribution in [2.45, 2.75) is 96.2 Å². The average molecular weight is 793 g/mol. The van der Waals surface area contributed by atoms with Crippen LogP contribution in [0.5, 0.6) is 17.2 Å². The van der Waals surface area contributed by atoms with E-state index in [1.807, 2.05) is 31.2 Å². The first-order chi connectivity index (χ1) is 27.7. The second kappa shape index (κ2) is 18.5. The van der Waals surface area contributed by atoms with Crippen molar-refractivity contribution in [2.24, 2.45) is 0 Å². The number of fused-ring (bicyclic) bond motifs is 1. The van der Waals surface area contributed by atoms with Gasteiger partial charge in [0.25, 0.3) is 0 Å². The van der Waals surface area contributed by atoms with Crippen molar-refractivity contribution in [2.75, 3.05) is 26.2 Å². The van der Waals surface area contributed by atoms with Crippen molar-refractivity contribution in [3.63, 3.8) is 0 Å². The van der Waals surface area contributed by atoms with Gasteiger partial charge in [0, 0.05) is 62.3 Å². The highest BCUT2D eigenvalue weighted by Gasteiger charge is 2.30. The molecule has 1 N–H and O–H groups in total. The highest BCUT2D eigenvalue weighted by Crippen LogP contribution is 2.45. The van der Waals surface area contributed by atoms with Gasteiger partial charge in [0.15, 0.2) is 5.69 Å². The Bertz CT molecular complexity index is 2150. The number of hydrogen-bond acceptors (Lipinski definition) is 7. The number of alkyl halides is 1. The van der Waals surface area contributed by atoms with Crippen molar-refractivity contribution in [1.82, 2.24) is 10.2 Å².